The summed E-state index contributed by atoms with van der Waals surface area (Å²) in [6.45, 7) is 0.490. The normalized spacial score (nSPS) is 11.1. The fourth-order valence-corrected chi connectivity index (χ4v) is 3.18. The number of carbonyl (C=O) groups is 1. The number of methoxy groups -OCH3 is 1. The van der Waals surface area contributed by atoms with Crippen molar-refractivity contribution in [3.8, 4) is 5.75 Å². The van der Waals surface area contributed by atoms with E-state index in [9.17, 15) is 13.2 Å². The molecule has 2 rings (SSSR count). The first-order valence-corrected chi connectivity index (χ1v) is 9.62. The van der Waals surface area contributed by atoms with E-state index in [1.807, 2.05) is 24.3 Å². The maximum Gasteiger partial charge on any atom is 0.251 e. The standard InChI is InChI=1S/C18H21NO4S/c1-23-17-6-4-3-5-15(17)11-12-19-18(20)16-9-7-14(8-10-16)13-24(2,21)22/h3-10H,11-13H2,1-2H3,(H,19,20). The molecule has 0 fully saturated rings. The molecule has 5 nitrogen and oxygen atoms in total. The van der Waals surface area contributed by atoms with Crippen molar-refractivity contribution in [2.24, 2.45) is 0 Å². The van der Waals surface area contributed by atoms with Crippen LogP contribution in [0.2, 0.25) is 0 Å². The van der Waals surface area contributed by atoms with Gasteiger partial charge in [0.25, 0.3) is 5.91 Å². The van der Waals surface area contributed by atoms with Gasteiger partial charge in [-0.1, -0.05) is 30.3 Å². The second kappa shape index (κ2) is 7.97. The Bertz CT molecular complexity index is 798. The molecule has 0 aliphatic rings. The maximum atomic E-state index is 12.1. The smallest absolute Gasteiger partial charge is 0.251 e. The fraction of sp³-hybridized carbons (Fsp3) is 0.278. The third-order valence-electron chi connectivity index (χ3n) is 3.52. The molecule has 6 heteroatoms. The molecule has 1 amide bonds. The first kappa shape index (κ1) is 18.0. The number of ether oxygens (including phenoxy) is 1. The molecule has 128 valence electrons. The third kappa shape index (κ3) is 5.38. The first-order chi connectivity index (χ1) is 11.4. The lowest BCUT2D eigenvalue weighted by atomic mass is 10.1. The third-order valence-corrected chi connectivity index (χ3v) is 4.38. The molecule has 24 heavy (non-hydrogen) atoms. The Balaban J connectivity index is 1.90. The van der Waals surface area contributed by atoms with Crippen LogP contribution in [0, 0.1) is 0 Å². The van der Waals surface area contributed by atoms with E-state index < -0.39 is 9.84 Å². The Hall–Kier alpha value is -2.34. The summed E-state index contributed by atoms with van der Waals surface area (Å²) >= 11 is 0. The van der Waals surface area contributed by atoms with E-state index in [2.05, 4.69) is 5.32 Å². The molecule has 0 unspecified atom stereocenters. The van der Waals surface area contributed by atoms with E-state index in [0.29, 0.717) is 24.1 Å². The minimum atomic E-state index is -3.07. The van der Waals surface area contributed by atoms with E-state index in [4.69, 9.17) is 4.74 Å². The monoisotopic (exact) mass is 347 g/mol. The minimum Gasteiger partial charge on any atom is -0.496 e. The van der Waals surface area contributed by atoms with Crippen molar-refractivity contribution in [3.05, 3.63) is 65.2 Å². The van der Waals surface area contributed by atoms with Crippen LogP contribution < -0.4 is 10.1 Å². The lowest BCUT2D eigenvalue weighted by Gasteiger charge is -2.09. The highest BCUT2D eigenvalue weighted by atomic mass is 32.2. The van der Waals surface area contributed by atoms with Crippen molar-refractivity contribution in [1.82, 2.24) is 5.32 Å². The van der Waals surface area contributed by atoms with Crippen LogP contribution >= 0.6 is 0 Å². The average molecular weight is 347 g/mol. The number of para-hydroxylation sites is 1. The average Bonchev–Trinajstić information content (AvgIpc) is 2.54. The summed E-state index contributed by atoms with van der Waals surface area (Å²) in [5, 5.41) is 2.85. The zero-order valence-electron chi connectivity index (χ0n) is 13.8. The molecule has 0 atom stereocenters. The number of nitrogens with one attached hydrogen (secondary N) is 1. The van der Waals surface area contributed by atoms with Gasteiger partial charge in [-0.3, -0.25) is 4.79 Å². The van der Waals surface area contributed by atoms with Crippen LogP contribution in [0.5, 0.6) is 5.75 Å². The van der Waals surface area contributed by atoms with Gasteiger partial charge in [-0.05, 0) is 35.7 Å². The molecule has 0 saturated carbocycles. The number of sulfone groups is 1. The largest absolute Gasteiger partial charge is 0.496 e. The summed E-state index contributed by atoms with van der Waals surface area (Å²) in [7, 11) is -1.45. The number of amides is 1. The van der Waals surface area contributed by atoms with Crippen LogP contribution in [0.3, 0.4) is 0 Å². The zero-order valence-corrected chi connectivity index (χ0v) is 14.6. The Morgan fingerprint density at radius 2 is 1.75 bits per heavy atom. The quantitative estimate of drug-likeness (QED) is 0.833. The van der Waals surface area contributed by atoms with Crippen LogP contribution in [0.1, 0.15) is 21.5 Å². The van der Waals surface area contributed by atoms with Gasteiger partial charge in [0.05, 0.1) is 12.9 Å². The van der Waals surface area contributed by atoms with Gasteiger partial charge in [0.1, 0.15) is 5.75 Å². The minimum absolute atomic E-state index is 0.0251. The van der Waals surface area contributed by atoms with Crippen LogP contribution in [0.4, 0.5) is 0 Å². The van der Waals surface area contributed by atoms with Crippen molar-refractivity contribution in [2.45, 2.75) is 12.2 Å². The van der Waals surface area contributed by atoms with E-state index in [-0.39, 0.29) is 11.7 Å². The molecule has 2 aromatic rings. The first-order valence-electron chi connectivity index (χ1n) is 7.56. The highest BCUT2D eigenvalue weighted by molar-refractivity contribution is 7.89. The second-order valence-electron chi connectivity index (χ2n) is 5.58. The van der Waals surface area contributed by atoms with Gasteiger partial charge in [-0.25, -0.2) is 8.42 Å². The van der Waals surface area contributed by atoms with Crippen molar-refractivity contribution in [1.29, 1.82) is 0 Å². The molecule has 0 aliphatic carbocycles. The van der Waals surface area contributed by atoms with Crippen LogP contribution in [0.15, 0.2) is 48.5 Å². The Morgan fingerprint density at radius 1 is 1.08 bits per heavy atom. The number of hydrogen-bond acceptors (Lipinski definition) is 4. The Labute approximate surface area is 142 Å². The molecule has 1 N–H and O–H groups in total. The van der Waals surface area contributed by atoms with E-state index in [1.165, 1.54) is 6.26 Å². The van der Waals surface area contributed by atoms with Crippen molar-refractivity contribution in [2.75, 3.05) is 19.9 Å². The van der Waals surface area contributed by atoms with Gasteiger partial charge in [-0.2, -0.15) is 0 Å². The highest BCUT2D eigenvalue weighted by Crippen LogP contribution is 2.17. The summed E-state index contributed by atoms with van der Waals surface area (Å²) in [4.78, 5) is 12.1. The van der Waals surface area contributed by atoms with Crippen molar-refractivity contribution >= 4 is 15.7 Å². The Morgan fingerprint density at radius 3 is 2.38 bits per heavy atom. The summed E-state index contributed by atoms with van der Waals surface area (Å²) in [6, 6.07) is 14.3. The van der Waals surface area contributed by atoms with Crippen molar-refractivity contribution in [3.63, 3.8) is 0 Å². The summed E-state index contributed by atoms with van der Waals surface area (Å²) in [5.74, 6) is 0.593. The molecule has 0 aromatic heterocycles. The molecule has 0 bridgehead atoms. The van der Waals surface area contributed by atoms with Crippen LogP contribution in [0.25, 0.3) is 0 Å². The van der Waals surface area contributed by atoms with Crippen LogP contribution in [-0.4, -0.2) is 34.2 Å². The number of benzene rings is 2. The lowest BCUT2D eigenvalue weighted by Crippen LogP contribution is -2.25. The van der Waals surface area contributed by atoms with E-state index in [1.54, 1.807) is 31.4 Å². The van der Waals surface area contributed by atoms with Gasteiger partial charge in [0.15, 0.2) is 9.84 Å². The molecule has 0 saturated heterocycles. The van der Waals surface area contributed by atoms with Crippen molar-refractivity contribution < 1.29 is 17.9 Å². The zero-order chi connectivity index (χ0) is 17.6. The molecular weight excluding hydrogens is 326 g/mol. The number of rotatable bonds is 7. The predicted molar refractivity (Wildman–Crippen MR) is 94.0 cm³/mol. The summed E-state index contributed by atoms with van der Waals surface area (Å²) < 4.78 is 27.8. The van der Waals surface area contributed by atoms with Gasteiger partial charge in [-0.15, -0.1) is 0 Å². The highest BCUT2D eigenvalue weighted by Gasteiger charge is 2.08. The lowest BCUT2D eigenvalue weighted by molar-refractivity contribution is 0.0954. The van der Waals surface area contributed by atoms with Gasteiger partial charge in [0, 0.05) is 18.4 Å². The molecule has 0 radical (unpaired) electrons. The summed E-state index contributed by atoms with van der Waals surface area (Å²) in [5.41, 5.74) is 2.21. The Kier molecular flexibility index (Phi) is 5.98. The van der Waals surface area contributed by atoms with Gasteiger partial charge >= 0.3 is 0 Å². The number of carbonyl (C=O) groups excluding carboxylic acids is 1. The maximum absolute atomic E-state index is 12.1. The molecule has 0 spiro atoms. The van der Waals surface area contributed by atoms with Gasteiger partial charge < -0.3 is 10.1 Å². The van der Waals surface area contributed by atoms with Crippen LogP contribution in [-0.2, 0) is 22.0 Å². The molecule has 0 heterocycles. The predicted octanol–water partition coefficient (Wildman–Crippen LogP) is 2.21. The topological polar surface area (TPSA) is 72.5 Å². The molecular formula is C18H21NO4S. The van der Waals surface area contributed by atoms with E-state index in [0.717, 1.165) is 11.3 Å². The van der Waals surface area contributed by atoms with Gasteiger partial charge in [0.2, 0.25) is 0 Å². The molecule has 0 aliphatic heterocycles. The SMILES string of the molecule is COc1ccccc1CCNC(=O)c1ccc(CS(C)(=O)=O)cc1. The van der Waals surface area contributed by atoms with E-state index >= 15 is 0 Å². The summed E-state index contributed by atoms with van der Waals surface area (Å²) in [6.07, 6.45) is 1.85. The molecule has 2 aromatic carbocycles. The fourth-order valence-electron chi connectivity index (χ4n) is 2.38. The number of hydrogen-bond donors (Lipinski definition) is 1. The second-order valence-corrected chi connectivity index (χ2v) is 7.72.